The quantitative estimate of drug-likeness (QED) is 0.438. The molecule has 1 amide bonds. The maximum Gasteiger partial charge on any atom is 0.227 e. The first-order valence-electron chi connectivity index (χ1n) is 11.7. The average molecular weight is 445 g/mol. The molecule has 0 unspecified atom stereocenters. The molecule has 0 atom stereocenters. The summed E-state index contributed by atoms with van der Waals surface area (Å²) >= 11 is 0. The van der Waals surface area contributed by atoms with Crippen molar-refractivity contribution in [3.63, 3.8) is 0 Å². The van der Waals surface area contributed by atoms with Gasteiger partial charge < -0.3 is 18.9 Å². The summed E-state index contributed by atoms with van der Waals surface area (Å²) in [5.41, 5.74) is 0.857. The Morgan fingerprint density at radius 1 is 1.12 bits per heavy atom. The highest BCUT2D eigenvalue weighted by molar-refractivity contribution is 5.76. The van der Waals surface area contributed by atoms with Gasteiger partial charge in [-0.3, -0.25) is 9.69 Å². The molecule has 8 nitrogen and oxygen atoms in total. The van der Waals surface area contributed by atoms with Gasteiger partial charge in [-0.2, -0.15) is 4.98 Å². The van der Waals surface area contributed by atoms with Crippen LogP contribution in [0.4, 0.5) is 0 Å². The Morgan fingerprint density at radius 2 is 1.91 bits per heavy atom. The van der Waals surface area contributed by atoms with Crippen molar-refractivity contribution in [2.24, 2.45) is 0 Å². The Labute approximate surface area is 190 Å². The molecule has 0 N–H and O–H groups in total. The molecule has 0 saturated carbocycles. The monoisotopic (exact) mass is 444 g/mol. The van der Waals surface area contributed by atoms with Gasteiger partial charge in [-0.15, -0.1) is 0 Å². The summed E-state index contributed by atoms with van der Waals surface area (Å²) in [6.07, 6.45) is 5.43. The predicted octanol–water partition coefficient (Wildman–Crippen LogP) is 3.42. The number of hydrogen-bond acceptors (Lipinski definition) is 7. The van der Waals surface area contributed by atoms with Crippen molar-refractivity contribution in [1.82, 2.24) is 19.9 Å². The maximum absolute atomic E-state index is 13.0. The largest absolute Gasteiger partial charge is 0.497 e. The molecule has 1 aliphatic heterocycles. The second-order valence-corrected chi connectivity index (χ2v) is 8.14. The number of methoxy groups -OCH3 is 1. The van der Waals surface area contributed by atoms with Crippen molar-refractivity contribution in [1.29, 1.82) is 0 Å². The number of aromatic nitrogens is 2. The zero-order valence-electron chi connectivity index (χ0n) is 19.4. The molecule has 176 valence electrons. The van der Waals surface area contributed by atoms with Gasteiger partial charge in [0.15, 0.2) is 0 Å². The number of hydrogen-bond donors (Lipinski definition) is 0. The van der Waals surface area contributed by atoms with E-state index in [1.165, 1.54) is 12.8 Å². The van der Waals surface area contributed by atoms with Crippen LogP contribution in [0.2, 0.25) is 0 Å². The summed E-state index contributed by atoms with van der Waals surface area (Å²) in [6, 6.07) is 7.50. The number of ether oxygens (including phenoxy) is 2. The van der Waals surface area contributed by atoms with E-state index in [0.29, 0.717) is 24.6 Å². The molecule has 1 aromatic heterocycles. The van der Waals surface area contributed by atoms with Crippen LogP contribution < -0.4 is 4.74 Å². The number of carbonyl (C=O) groups excluding carboxylic acids is 1. The number of aryl methyl sites for hydroxylation is 1. The smallest absolute Gasteiger partial charge is 0.227 e. The van der Waals surface area contributed by atoms with Crippen LogP contribution in [0.1, 0.15) is 44.9 Å². The molecule has 3 rings (SSSR count). The summed E-state index contributed by atoms with van der Waals surface area (Å²) in [5, 5.41) is 4.06. The first-order valence-corrected chi connectivity index (χ1v) is 11.7. The van der Waals surface area contributed by atoms with Gasteiger partial charge in [0.25, 0.3) is 0 Å². The van der Waals surface area contributed by atoms with E-state index in [0.717, 1.165) is 70.1 Å². The van der Waals surface area contributed by atoms with Crippen LogP contribution in [0.5, 0.6) is 5.75 Å². The molecular weight excluding hydrogens is 408 g/mol. The molecule has 2 aromatic rings. The minimum Gasteiger partial charge on any atom is -0.497 e. The topological polar surface area (TPSA) is 80.9 Å². The van der Waals surface area contributed by atoms with Crippen LogP contribution >= 0.6 is 0 Å². The van der Waals surface area contributed by atoms with Crippen LogP contribution in [-0.4, -0.2) is 78.9 Å². The lowest BCUT2D eigenvalue weighted by Crippen LogP contribution is -2.43. The number of morpholine rings is 1. The first-order chi connectivity index (χ1) is 15.7. The van der Waals surface area contributed by atoms with Crippen LogP contribution in [0, 0.1) is 0 Å². The molecule has 0 aliphatic carbocycles. The summed E-state index contributed by atoms with van der Waals surface area (Å²) in [5.74, 6) is 1.94. The summed E-state index contributed by atoms with van der Waals surface area (Å²) in [6.45, 7) is 8.09. The van der Waals surface area contributed by atoms with Gasteiger partial charge in [-0.05, 0) is 30.7 Å². The van der Waals surface area contributed by atoms with Crippen molar-refractivity contribution in [2.45, 2.75) is 45.4 Å². The van der Waals surface area contributed by atoms with Crippen molar-refractivity contribution in [3.8, 4) is 17.1 Å². The number of amides is 1. The Morgan fingerprint density at radius 3 is 2.62 bits per heavy atom. The molecule has 1 fully saturated rings. The lowest BCUT2D eigenvalue weighted by atomic mass is 10.2. The number of carbonyl (C=O) groups is 1. The zero-order valence-corrected chi connectivity index (χ0v) is 19.4. The van der Waals surface area contributed by atoms with Gasteiger partial charge in [0.2, 0.25) is 17.6 Å². The van der Waals surface area contributed by atoms with Crippen molar-refractivity contribution < 1.29 is 18.8 Å². The van der Waals surface area contributed by atoms with E-state index in [1.807, 2.05) is 29.2 Å². The molecule has 1 aromatic carbocycles. The Balaban J connectivity index is 1.51. The maximum atomic E-state index is 13.0. The Kier molecular flexibility index (Phi) is 9.97. The van der Waals surface area contributed by atoms with Crippen molar-refractivity contribution in [3.05, 3.63) is 30.2 Å². The molecule has 0 bridgehead atoms. The number of nitrogens with zero attached hydrogens (tertiary/aromatic N) is 4. The van der Waals surface area contributed by atoms with Gasteiger partial charge >= 0.3 is 0 Å². The Bertz CT molecular complexity index is 803. The van der Waals surface area contributed by atoms with Crippen LogP contribution in [-0.2, 0) is 16.0 Å². The molecular formula is C24H36N4O4. The minimum absolute atomic E-state index is 0.152. The van der Waals surface area contributed by atoms with E-state index in [4.69, 9.17) is 14.0 Å². The first kappa shape index (κ1) is 24.2. The highest BCUT2D eigenvalue weighted by atomic mass is 16.5. The molecule has 2 heterocycles. The highest BCUT2D eigenvalue weighted by Crippen LogP contribution is 2.20. The van der Waals surface area contributed by atoms with Crippen LogP contribution in [0.3, 0.4) is 0 Å². The minimum atomic E-state index is 0.152. The number of rotatable bonds is 13. The summed E-state index contributed by atoms with van der Waals surface area (Å²) in [7, 11) is 1.63. The van der Waals surface area contributed by atoms with E-state index < -0.39 is 0 Å². The third-order valence-electron chi connectivity index (χ3n) is 5.79. The highest BCUT2D eigenvalue weighted by Gasteiger charge is 2.18. The van der Waals surface area contributed by atoms with Gasteiger partial charge in [0.1, 0.15) is 5.75 Å². The average Bonchev–Trinajstić information content (AvgIpc) is 3.32. The van der Waals surface area contributed by atoms with Gasteiger partial charge in [0.05, 0.1) is 20.3 Å². The molecule has 32 heavy (non-hydrogen) atoms. The summed E-state index contributed by atoms with van der Waals surface area (Å²) in [4.78, 5) is 21.8. The van der Waals surface area contributed by atoms with Gasteiger partial charge in [0, 0.05) is 51.1 Å². The normalized spacial score (nSPS) is 14.4. The van der Waals surface area contributed by atoms with Crippen molar-refractivity contribution in [2.75, 3.05) is 53.0 Å². The second-order valence-electron chi connectivity index (χ2n) is 8.14. The fraction of sp³-hybridized carbons (Fsp3) is 0.625. The summed E-state index contributed by atoms with van der Waals surface area (Å²) < 4.78 is 16.0. The molecule has 8 heteroatoms. The third kappa shape index (κ3) is 7.60. The molecule has 0 spiro atoms. The molecule has 0 radical (unpaired) electrons. The third-order valence-corrected chi connectivity index (χ3v) is 5.79. The Hall–Kier alpha value is -2.45. The fourth-order valence-electron chi connectivity index (χ4n) is 3.76. The van der Waals surface area contributed by atoms with E-state index in [2.05, 4.69) is 22.0 Å². The lowest BCUT2D eigenvalue weighted by Gasteiger charge is -2.30. The van der Waals surface area contributed by atoms with E-state index in [9.17, 15) is 4.79 Å². The van der Waals surface area contributed by atoms with Crippen molar-refractivity contribution >= 4 is 5.91 Å². The second kappa shape index (κ2) is 13.2. The number of benzene rings is 1. The van der Waals surface area contributed by atoms with Gasteiger partial charge in [-0.1, -0.05) is 31.3 Å². The zero-order chi connectivity index (χ0) is 22.6. The molecule has 1 saturated heterocycles. The molecule has 1 aliphatic rings. The number of unbranched alkanes of at least 4 members (excludes halogenated alkanes) is 3. The van der Waals surface area contributed by atoms with Crippen LogP contribution in [0.15, 0.2) is 28.8 Å². The predicted molar refractivity (Wildman–Crippen MR) is 123 cm³/mol. The standard InChI is InChI=1S/C24H36N4O4/c1-3-4-5-6-13-28(15-14-27-16-18-31-19-17-27)23(29)12-11-22-25-24(26-32-22)20-7-9-21(30-2)10-8-20/h7-10H,3-6,11-19H2,1-2H3. The van der Waals surface area contributed by atoms with E-state index in [-0.39, 0.29) is 5.91 Å². The van der Waals surface area contributed by atoms with Crippen LogP contribution in [0.25, 0.3) is 11.4 Å². The lowest BCUT2D eigenvalue weighted by molar-refractivity contribution is -0.131. The van der Waals surface area contributed by atoms with Gasteiger partial charge in [-0.25, -0.2) is 0 Å². The van der Waals surface area contributed by atoms with E-state index in [1.54, 1.807) is 7.11 Å². The fourth-order valence-corrected chi connectivity index (χ4v) is 3.76. The van der Waals surface area contributed by atoms with E-state index >= 15 is 0 Å². The SMILES string of the molecule is CCCCCCN(CCN1CCOCC1)C(=O)CCc1nc(-c2ccc(OC)cc2)no1.